The van der Waals surface area contributed by atoms with Crippen LogP contribution in [0.2, 0.25) is 0 Å². The number of hydrogen-bond donors (Lipinski definition) is 2. The summed E-state index contributed by atoms with van der Waals surface area (Å²) in [5, 5.41) is 6.57. The van der Waals surface area contributed by atoms with Gasteiger partial charge in [-0.2, -0.15) is 11.8 Å². The summed E-state index contributed by atoms with van der Waals surface area (Å²) in [7, 11) is 0. The van der Waals surface area contributed by atoms with Crippen LogP contribution < -0.4 is 10.6 Å². The van der Waals surface area contributed by atoms with Gasteiger partial charge in [-0.05, 0) is 18.3 Å². The number of thioether (sulfide) groups is 1. The molecule has 1 unspecified atom stereocenters. The van der Waals surface area contributed by atoms with Gasteiger partial charge in [0.05, 0.1) is 0 Å². The lowest BCUT2D eigenvalue weighted by Crippen LogP contribution is -2.43. The van der Waals surface area contributed by atoms with Crippen LogP contribution in [0.5, 0.6) is 0 Å². The van der Waals surface area contributed by atoms with E-state index in [0.29, 0.717) is 17.9 Å². The molecule has 4 heteroatoms. The molecule has 1 aliphatic carbocycles. The molecule has 18 heavy (non-hydrogen) atoms. The van der Waals surface area contributed by atoms with Crippen molar-refractivity contribution in [3.8, 4) is 0 Å². The van der Waals surface area contributed by atoms with Crippen LogP contribution >= 0.6 is 11.8 Å². The van der Waals surface area contributed by atoms with E-state index in [1.807, 2.05) is 11.8 Å². The molecule has 1 aliphatic heterocycles. The predicted octanol–water partition coefficient (Wildman–Crippen LogP) is 2.17. The third-order valence-corrected chi connectivity index (χ3v) is 5.33. The van der Waals surface area contributed by atoms with Gasteiger partial charge in [0, 0.05) is 37.1 Å². The predicted molar refractivity (Wildman–Crippen MR) is 77.9 cm³/mol. The second kappa shape index (κ2) is 6.80. The zero-order valence-electron chi connectivity index (χ0n) is 11.5. The van der Waals surface area contributed by atoms with E-state index in [1.165, 1.54) is 37.9 Å². The van der Waals surface area contributed by atoms with E-state index in [2.05, 4.69) is 17.6 Å². The fourth-order valence-electron chi connectivity index (χ4n) is 2.94. The zero-order valence-corrected chi connectivity index (χ0v) is 12.3. The van der Waals surface area contributed by atoms with E-state index in [0.717, 1.165) is 18.8 Å². The molecule has 0 spiro atoms. The van der Waals surface area contributed by atoms with Gasteiger partial charge in [-0.1, -0.05) is 26.2 Å². The molecule has 1 atom stereocenters. The maximum absolute atomic E-state index is 11.9. The van der Waals surface area contributed by atoms with Gasteiger partial charge < -0.3 is 10.6 Å². The van der Waals surface area contributed by atoms with E-state index in [4.69, 9.17) is 0 Å². The highest BCUT2D eigenvalue weighted by Crippen LogP contribution is 2.34. The van der Waals surface area contributed by atoms with Crippen LogP contribution in [0.4, 0.5) is 0 Å². The van der Waals surface area contributed by atoms with Crippen molar-refractivity contribution in [2.45, 2.75) is 51.5 Å². The first-order chi connectivity index (χ1) is 8.68. The highest BCUT2D eigenvalue weighted by Gasteiger charge is 2.27. The van der Waals surface area contributed by atoms with E-state index in [9.17, 15) is 4.79 Å². The van der Waals surface area contributed by atoms with Gasteiger partial charge >= 0.3 is 0 Å². The fourth-order valence-corrected chi connectivity index (χ4v) is 3.89. The Kier molecular flexibility index (Phi) is 5.37. The summed E-state index contributed by atoms with van der Waals surface area (Å²) in [5.74, 6) is 2.47. The molecule has 0 bridgehead atoms. The highest BCUT2D eigenvalue weighted by atomic mass is 32.2. The lowest BCUT2D eigenvalue weighted by molar-refractivity contribution is -0.122. The molecule has 2 aliphatic rings. The second-order valence-corrected chi connectivity index (χ2v) is 7.23. The van der Waals surface area contributed by atoms with Gasteiger partial charge in [0.15, 0.2) is 0 Å². The average molecular weight is 270 g/mol. The molecular formula is C14H26N2OS. The SMILES string of the molecule is CC1(CNC(=O)CC2CSCCN2)CCCCC1. The van der Waals surface area contributed by atoms with E-state index in [1.54, 1.807) is 0 Å². The first-order valence-electron chi connectivity index (χ1n) is 7.26. The normalized spacial score (nSPS) is 27.7. The zero-order chi connectivity index (χ0) is 12.8. The van der Waals surface area contributed by atoms with Gasteiger partial charge in [0.25, 0.3) is 0 Å². The fraction of sp³-hybridized carbons (Fsp3) is 0.929. The van der Waals surface area contributed by atoms with Crippen molar-refractivity contribution in [1.29, 1.82) is 0 Å². The van der Waals surface area contributed by atoms with Crippen LogP contribution in [-0.2, 0) is 4.79 Å². The van der Waals surface area contributed by atoms with Crippen molar-refractivity contribution in [3.63, 3.8) is 0 Å². The van der Waals surface area contributed by atoms with Gasteiger partial charge in [0.1, 0.15) is 0 Å². The number of carbonyl (C=O) groups is 1. The number of nitrogens with one attached hydrogen (secondary N) is 2. The highest BCUT2D eigenvalue weighted by molar-refractivity contribution is 7.99. The molecular weight excluding hydrogens is 244 g/mol. The average Bonchev–Trinajstić information content (AvgIpc) is 2.39. The first-order valence-corrected chi connectivity index (χ1v) is 8.41. The minimum Gasteiger partial charge on any atom is -0.356 e. The molecule has 0 aromatic rings. The molecule has 1 saturated heterocycles. The summed E-state index contributed by atoms with van der Waals surface area (Å²) in [6.07, 6.45) is 7.20. The van der Waals surface area contributed by atoms with Gasteiger partial charge in [-0.15, -0.1) is 0 Å². The lowest BCUT2D eigenvalue weighted by Gasteiger charge is -2.34. The minimum atomic E-state index is 0.224. The molecule has 1 saturated carbocycles. The van der Waals surface area contributed by atoms with Crippen LogP contribution in [-0.4, -0.2) is 36.5 Å². The molecule has 2 fully saturated rings. The molecule has 0 radical (unpaired) electrons. The maximum Gasteiger partial charge on any atom is 0.221 e. The summed E-state index contributed by atoms with van der Waals surface area (Å²) >= 11 is 1.95. The van der Waals surface area contributed by atoms with Crippen molar-refractivity contribution in [3.05, 3.63) is 0 Å². The standard InChI is InChI=1S/C14H26N2OS/c1-14(5-3-2-4-6-14)11-16-13(17)9-12-10-18-8-7-15-12/h12,15H,2-11H2,1H3,(H,16,17). The molecule has 3 nitrogen and oxygen atoms in total. The van der Waals surface area contributed by atoms with E-state index in [-0.39, 0.29) is 5.91 Å². The van der Waals surface area contributed by atoms with Crippen molar-refractivity contribution in [1.82, 2.24) is 10.6 Å². The molecule has 1 amide bonds. The molecule has 0 aromatic carbocycles. The van der Waals surface area contributed by atoms with Gasteiger partial charge in [0.2, 0.25) is 5.91 Å². The van der Waals surface area contributed by atoms with Crippen molar-refractivity contribution < 1.29 is 4.79 Å². The number of rotatable bonds is 4. The molecule has 2 N–H and O–H groups in total. The van der Waals surface area contributed by atoms with Crippen LogP contribution in [0, 0.1) is 5.41 Å². The monoisotopic (exact) mass is 270 g/mol. The van der Waals surface area contributed by atoms with Crippen LogP contribution in [0.3, 0.4) is 0 Å². The number of carbonyl (C=O) groups excluding carboxylic acids is 1. The van der Waals surface area contributed by atoms with Crippen molar-refractivity contribution in [2.75, 3.05) is 24.6 Å². The Morgan fingerprint density at radius 3 is 2.83 bits per heavy atom. The summed E-state index contributed by atoms with van der Waals surface area (Å²) in [5.41, 5.74) is 0.350. The Morgan fingerprint density at radius 2 is 2.17 bits per heavy atom. The Bertz CT molecular complexity index is 271. The second-order valence-electron chi connectivity index (χ2n) is 6.08. The maximum atomic E-state index is 11.9. The summed E-state index contributed by atoms with van der Waals surface area (Å²) < 4.78 is 0. The third-order valence-electron chi connectivity index (χ3n) is 4.20. The lowest BCUT2D eigenvalue weighted by atomic mass is 9.76. The molecule has 104 valence electrons. The molecule has 1 heterocycles. The summed E-state index contributed by atoms with van der Waals surface area (Å²) in [6, 6.07) is 0.378. The Labute approximate surface area is 115 Å². The third kappa shape index (κ3) is 4.47. The van der Waals surface area contributed by atoms with Crippen LogP contribution in [0.25, 0.3) is 0 Å². The summed E-state index contributed by atoms with van der Waals surface area (Å²) in [4.78, 5) is 11.9. The first kappa shape index (κ1) is 14.2. The number of hydrogen-bond acceptors (Lipinski definition) is 3. The molecule has 0 aromatic heterocycles. The smallest absolute Gasteiger partial charge is 0.221 e. The van der Waals surface area contributed by atoms with Crippen molar-refractivity contribution >= 4 is 17.7 Å². The van der Waals surface area contributed by atoms with Crippen LogP contribution in [0.15, 0.2) is 0 Å². The minimum absolute atomic E-state index is 0.224. The largest absolute Gasteiger partial charge is 0.356 e. The van der Waals surface area contributed by atoms with Crippen LogP contribution in [0.1, 0.15) is 45.4 Å². The van der Waals surface area contributed by atoms with Gasteiger partial charge in [-0.3, -0.25) is 4.79 Å². The van der Waals surface area contributed by atoms with Crippen molar-refractivity contribution in [2.24, 2.45) is 5.41 Å². The van der Waals surface area contributed by atoms with Gasteiger partial charge in [-0.25, -0.2) is 0 Å². The Morgan fingerprint density at radius 1 is 1.39 bits per heavy atom. The topological polar surface area (TPSA) is 41.1 Å². The summed E-state index contributed by atoms with van der Waals surface area (Å²) in [6.45, 7) is 4.23. The Balaban J connectivity index is 1.67. The molecule has 2 rings (SSSR count). The quantitative estimate of drug-likeness (QED) is 0.822. The Hall–Kier alpha value is -0.220. The van der Waals surface area contributed by atoms with E-state index < -0.39 is 0 Å². The van der Waals surface area contributed by atoms with E-state index >= 15 is 0 Å². The number of amides is 1.